The second-order valence-corrected chi connectivity index (χ2v) is 7.41. The minimum absolute atomic E-state index is 0.0436. The van der Waals surface area contributed by atoms with Crippen molar-refractivity contribution in [3.05, 3.63) is 0 Å². The Morgan fingerprint density at radius 3 is 1.26 bits per heavy atom. The van der Waals surface area contributed by atoms with E-state index in [4.69, 9.17) is 8.85 Å². The van der Waals surface area contributed by atoms with Crippen LogP contribution in [0.3, 0.4) is 0 Å². The first-order chi connectivity index (χ1) is 8.54. The molecule has 0 saturated carbocycles. The normalized spacial score (nSPS) is 13.9. The van der Waals surface area contributed by atoms with Crippen LogP contribution in [0, 0.1) is 0 Å². The van der Waals surface area contributed by atoms with Gasteiger partial charge in [-0.1, -0.05) is 0 Å². The molecule has 0 atom stereocenters. The van der Waals surface area contributed by atoms with E-state index in [0.717, 1.165) is 0 Å². The fraction of sp³-hybridized carbons (Fsp3) is 1.00. The molecule has 0 aromatic heterocycles. The quantitative estimate of drug-likeness (QED) is 0.488. The minimum atomic E-state index is -4.43. The maximum atomic E-state index is 12.2. The summed E-state index contributed by atoms with van der Waals surface area (Å²) in [7, 11) is -3.46. The summed E-state index contributed by atoms with van der Waals surface area (Å²) in [6.45, 7) is 3.15. The van der Waals surface area contributed by atoms with E-state index in [0.29, 0.717) is 0 Å². The molecular weight excluding hydrogens is 294 g/mol. The van der Waals surface area contributed by atoms with Gasteiger partial charge in [-0.25, -0.2) is 0 Å². The van der Waals surface area contributed by atoms with Crippen molar-refractivity contribution in [2.24, 2.45) is 0 Å². The van der Waals surface area contributed by atoms with Crippen LogP contribution in [0.4, 0.5) is 26.3 Å². The summed E-state index contributed by atoms with van der Waals surface area (Å²) in [5.41, 5.74) is 0. The number of hydrogen-bond acceptors (Lipinski definition) is 2. The van der Waals surface area contributed by atoms with Crippen molar-refractivity contribution in [1.29, 1.82) is 0 Å². The fourth-order valence-corrected chi connectivity index (χ4v) is 4.94. The predicted molar refractivity (Wildman–Crippen MR) is 60.0 cm³/mol. The Kier molecular flexibility index (Phi) is 7.37. The smallest absolute Gasteiger partial charge is 0.389 e. The van der Waals surface area contributed by atoms with E-state index >= 15 is 0 Å². The average Bonchev–Trinajstić information content (AvgIpc) is 2.22. The largest absolute Gasteiger partial charge is 0.394 e. The van der Waals surface area contributed by atoms with Gasteiger partial charge in [0.2, 0.25) is 0 Å². The first-order valence-electron chi connectivity index (χ1n) is 5.95. The maximum absolute atomic E-state index is 12.2. The second kappa shape index (κ2) is 7.49. The topological polar surface area (TPSA) is 18.5 Å². The molecule has 0 aliphatic rings. The van der Waals surface area contributed by atoms with Crippen LogP contribution in [0.25, 0.3) is 0 Å². The van der Waals surface area contributed by atoms with Gasteiger partial charge in [-0.05, 0) is 25.9 Å². The summed E-state index contributed by atoms with van der Waals surface area (Å²) in [5.74, 6) is 0. The van der Waals surface area contributed by atoms with Gasteiger partial charge in [-0.2, -0.15) is 26.3 Å². The van der Waals surface area contributed by atoms with E-state index in [2.05, 4.69) is 0 Å². The van der Waals surface area contributed by atoms with Crippen molar-refractivity contribution in [2.45, 2.75) is 51.1 Å². The SMILES string of the molecule is CCO[Si](CCC(F)(F)F)(CCC(F)(F)F)OCC. The third-order valence-electron chi connectivity index (χ3n) is 2.39. The average molecular weight is 312 g/mol. The number of rotatable bonds is 8. The summed E-state index contributed by atoms with van der Waals surface area (Å²) in [6, 6.07) is -1.01. The molecule has 0 fully saturated rings. The first kappa shape index (κ1) is 18.7. The summed E-state index contributed by atoms with van der Waals surface area (Å²) in [5, 5.41) is 0. The van der Waals surface area contributed by atoms with Crippen molar-refractivity contribution in [1.82, 2.24) is 0 Å². The lowest BCUT2D eigenvalue weighted by molar-refractivity contribution is -0.134. The number of alkyl halides is 6. The summed E-state index contributed by atoms with van der Waals surface area (Å²) in [4.78, 5) is 0. The molecule has 0 heterocycles. The zero-order chi connectivity index (χ0) is 15.2. The van der Waals surface area contributed by atoms with Crippen molar-refractivity contribution in [2.75, 3.05) is 13.2 Å². The minimum Gasteiger partial charge on any atom is -0.394 e. The molecule has 0 bridgehead atoms. The molecule has 0 unspecified atom stereocenters. The molecule has 0 aromatic carbocycles. The molecule has 0 aromatic rings. The van der Waals surface area contributed by atoms with Gasteiger partial charge in [0.05, 0.1) is 0 Å². The van der Waals surface area contributed by atoms with Crippen LogP contribution in [-0.2, 0) is 8.85 Å². The number of hydrogen-bond donors (Lipinski definition) is 0. The van der Waals surface area contributed by atoms with Gasteiger partial charge >= 0.3 is 20.9 Å². The maximum Gasteiger partial charge on any atom is 0.389 e. The lowest BCUT2D eigenvalue weighted by Gasteiger charge is -2.30. The molecule has 0 N–H and O–H groups in total. The predicted octanol–water partition coefficient (Wildman–Crippen LogP) is 4.41. The van der Waals surface area contributed by atoms with Crippen LogP contribution < -0.4 is 0 Å². The Hall–Kier alpha value is -0.283. The van der Waals surface area contributed by atoms with Crippen molar-refractivity contribution >= 4 is 8.56 Å². The Bertz CT molecular complexity index is 227. The summed E-state index contributed by atoms with van der Waals surface area (Å²) in [6.07, 6.45) is -11.2. The summed E-state index contributed by atoms with van der Waals surface area (Å²) < 4.78 is 83.7. The van der Waals surface area contributed by atoms with Crippen molar-refractivity contribution in [3.8, 4) is 0 Å². The van der Waals surface area contributed by atoms with Gasteiger partial charge in [0.25, 0.3) is 0 Å². The Morgan fingerprint density at radius 1 is 0.737 bits per heavy atom. The van der Waals surface area contributed by atoms with Crippen LogP contribution in [0.2, 0.25) is 12.1 Å². The standard InChI is InChI=1S/C10H18F6O2Si/c1-3-17-19(18-4-2,7-5-9(11,12)13)8-6-10(14,15)16/h3-8H2,1-2H3. The van der Waals surface area contributed by atoms with E-state index < -0.39 is 45.8 Å². The van der Waals surface area contributed by atoms with E-state index in [1.54, 1.807) is 0 Å². The molecule has 2 nitrogen and oxygen atoms in total. The highest BCUT2D eigenvalue weighted by Crippen LogP contribution is 2.33. The Labute approximate surface area is 109 Å². The van der Waals surface area contributed by atoms with Crippen LogP contribution in [0.1, 0.15) is 26.7 Å². The molecule has 0 saturated heterocycles. The highest BCUT2D eigenvalue weighted by Gasteiger charge is 2.44. The van der Waals surface area contributed by atoms with Crippen molar-refractivity contribution in [3.63, 3.8) is 0 Å². The molecule has 9 heteroatoms. The van der Waals surface area contributed by atoms with Gasteiger partial charge in [0, 0.05) is 26.1 Å². The lowest BCUT2D eigenvalue weighted by Crippen LogP contribution is -2.44. The van der Waals surface area contributed by atoms with Crippen LogP contribution in [0.5, 0.6) is 0 Å². The van der Waals surface area contributed by atoms with Crippen LogP contribution >= 0.6 is 0 Å². The van der Waals surface area contributed by atoms with Crippen LogP contribution in [-0.4, -0.2) is 34.1 Å². The van der Waals surface area contributed by atoms with Gasteiger partial charge in [-0.15, -0.1) is 0 Å². The van der Waals surface area contributed by atoms with Gasteiger partial charge in [-0.3, -0.25) is 0 Å². The third-order valence-corrected chi connectivity index (χ3v) is 6.05. The highest BCUT2D eigenvalue weighted by molar-refractivity contribution is 6.67. The third kappa shape index (κ3) is 9.28. The van der Waals surface area contributed by atoms with Gasteiger partial charge < -0.3 is 8.85 Å². The first-order valence-corrected chi connectivity index (χ1v) is 8.18. The molecule has 0 aliphatic carbocycles. The van der Waals surface area contributed by atoms with E-state index in [-0.39, 0.29) is 13.2 Å². The fourth-order valence-electron chi connectivity index (χ4n) is 1.65. The molecule has 116 valence electrons. The second-order valence-electron chi connectivity index (χ2n) is 4.01. The molecule has 0 radical (unpaired) electrons. The Morgan fingerprint density at radius 2 is 1.05 bits per heavy atom. The van der Waals surface area contributed by atoms with E-state index in [1.165, 1.54) is 13.8 Å². The molecule has 0 rings (SSSR count). The van der Waals surface area contributed by atoms with Crippen LogP contribution in [0.15, 0.2) is 0 Å². The van der Waals surface area contributed by atoms with E-state index in [1.807, 2.05) is 0 Å². The van der Waals surface area contributed by atoms with Crippen molar-refractivity contribution < 1.29 is 35.2 Å². The zero-order valence-corrected chi connectivity index (χ0v) is 11.8. The van der Waals surface area contributed by atoms with Gasteiger partial charge in [0.15, 0.2) is 0 Å². The molecule has 19 heavy (non-hydrogen) atoms. The highest BCUT2D eigenvalue weighted by atomic mass is 28.4. The monoisotopic (exact) mass is 312 g/mol. The lowest BCUT2D eigenvalue weighted by atomic mass is 10.5. The Balaban J connectivity index is 4.75. The van der Waals surface area contributed by atoms with E-state index in [9.17, 15) is 26.3 Å². The summed E-state index contributed by atoms with van der Waals surface area (Å²) >= 11 is 0. The molecule has 0 amide bonds. The molecule has 0 spiro atoms. The number of halogens is 6. The zero-order valence-electron chi connectivity index (χ0n) is 10.8. The molecular formula is C10H18F6O2Si. The van der Waals surface area contributed by atoms with Gasteiger partial charge in [0.1, 0.15) is 0 Å². The molecule has 0 aliphatic heterocycles.